The Labute approximate surface area is 132 Å². The summed E-state index contributed by atoms with van der Waals surface area (Å²) in [4.78, 5) is 11.7. The summed E-state index contributed by atoms with van der Waals surface area (Å²) in [5.74, 6) is 6.59. The summed E-state index contributed by atoms with van der Waals surface area (Å²) >= 11 is 3.84. The fourth-order valence-corrected chi connectivity index (χ4v) is 5.14. The molecule has 1 aliphatic heterocycles. The van der Waals surface area contributed by atoms with Crippen molar-refractivity contribution in [2.24, 2.45) is 11.8 Å². The Kier molecular flexibility index (Phi) is 7.64. The summed E-state index contributed by atoms with van der Waals surface area (Å²) in [6, 6.07) is 0.457. The molecule has 2 aliphatic rings. The minimum absolute atomic E-state index is 0.240. The lowest BCUT2D eigenvalue weighted by Gasteiger charge is -2.32. The van der Waals surface area contributed by atoms with Gasteiger partial charge in [0.2, 0.25) is 5.91 Å². The quantitative estimate of drug-likeness (QED) is 0.805. The molecule has 0 aromatic rings. The molecular weight excluding hydrogens is 286 g/mol. The lowest BCUT2D eigenvalue weighted by molar-refractivity contribution is -0.119. The second-order valence-electron chi connectivity index (χ2n) is 6.21. The van der Waals surface area contributed by atoms with E-state index in [1.54, 1.807) is 11.8 Å². The molecule has 0 bridgehead atoms. The first-order chi connectivity index (χ1) is 9.78. The van der Waals surface area contributed by atoms with Crippen molar-refractivity contribution in [3.8, 4) is 0 Å². The zero-order valence-corrected chi connectivity index (χ0v) is 14.4. The van der Waals surface area contributed by atoms with Crippen molar-refractivity contribution in [2.45, 2.75) is 57.9 Å². The van der Waals surface area contributed by atoms with Crippen molar-refractivity contribution in [2.75, 3.05) is 23.0 Å². The van der Waals surface area contributed by atoms with Crippen LogP contribution in [0.3, 0.4) is 0 Å². The molecule has 1 aliphatic carbocycles. The normalized spacial score (nSPS) is 28.2. The molecule has 4 heteroatoms. The molecule has 0 radical (unpaired) electrons. The standard InChI is InChI=1S/C16H29NOS2/c1-2-19-12-16(18)17-15-5-3-13(4-6-15)11-14-7-9-20-10-8-14/h13-15H,2-12H2,1H3,(H,17,18). The Balaban J connectivity index is 1.60. The topological polar surface area (TPSA) is 29.1 Å². The molecule has 20 heavy (non-hydrogen) atoms. The van der Waals surface area contributed by atoms with Gasteiger partial charge in [0.15, 0.2) is 0 Å². The molecule has 0 aromatic carbocycles. The highest BCUT2D eigenvalue weighted by Gasteiger charge is 2.25. The minimum atomic E-state index is 0.240. The maximum absolute atomic E-state index is 11.7. The monoisotopic (exact) mass is 315 g/mol. The van der Waals surface area contributed by atoms with Crippen LogP contribution in [0.25, 0.3) is 0 Å². The SMILES string of the molecule is CCSCC(=O)NC1CCC(CC2CCSCC2)CC1. The van der Waals surface area contributed by atoms with Gasteiger partial charge in [0.1, 0.15) is 0 Å². The minimum Gasteiger partial charge on any atom is -0.353 e. The molecule has 116 valence electrons. The lowest BCUT2D eigenvalue weighted by Crippen LogP contribution is -2.38. The van der Waals surface area contributed by atoms with Crippen LogP contribution in [0.5, 0.6) is 0 Å². The molecule has 1 saturated heterocycles. The smallest absolute Gasteiger partial charge is 0.230 e. The third-order valence-electron chi connectivity index (χ3n) is 4.66. The summed E-state index contributed by atoms with van der Waals surface area (Å²) in [5, 5.41) is 3.21. The van der Waals surface area contributed by atoms with E-state index < -0.39 is 0 Å². The molecule has 1 heterocycles. The summed E-state index contributed by atoms with van der Waals surface area (Å²) in [7, 11) is 0. The maximum atomic E-state index is 11.7. The van der Waals surface area contributed by atoms with Gasteiger partial charge < -0.3 is 5.32 Å². The lowest BCUT2D eigenvalue weighted by atomic mass is 9.79. The summed E-state index contributed by atoms with van der Waals surface area (Å²) in [6.07, 6.45) is 9.40. The van der Waals surface area contributed by atoms with E-state index in [1.807, 2.05) is 0 Å². The molecule has 2 rings (SSSR count). The Morgan fingerprint density at radius 2 is 1.75 bits per heavy atom. The second-order valence-corrected chi connectivity index (χ2v) is 8.71. The van der Waals surface area contributed by atoms with Crippen molar-refractivity contribution >= 4 is 29.4 Å². The summed E-state index contributed by atoms with van der Waals surface area (Å²) < 4.78 is 0. The van der Waals surface area contributed by atoms with E-state index in [4.69, 9.17) is 0 Å². The predicted molar refractivity (Wildman–Crippen MR) is 91.6 cm³/mol. The first-order valence-corrected chi connectivity index (χ1v) is 10.5. The highest BCUT2D eigenvalue weighted by atomic mass is 32.2. The molecule has 1 N–H and O–H groups in total. The molecule has 2 fully saturated rings. The van der Waals surface area contributed by atoms with Crippen molar-refractivity contribution in [3.05, 3.63) is 0 Å². The second kappa shape index (κ2) is 9.24. The Morgan fingerprint density at radius 3 is 2.40 bits per heavy atom. The number of hydrogen-bond donors (Lipinski definition) is 1. The van der Waals surface area contributed by atoms with E-state index in [2.05, 4.69) is 24.0 Å². The molecule has 0 aromatic heterocycles. The van der Waals surface area contributed by atoms with Crippen molar-refractivity contribution in [3.63, 3.8) is 0 Å². The Morgan fingerprint density at radius 1 is 1.10 bits per heavy atom. The highest BCUT2D eigenvalue weighted by molar-refractivity contribution is 7.99. The number of amides is 1. The van der Waals surface area contributed by atoms with E-state index in [0.29, 0.717) is 11.8 Å². The van der Waals surface area contributed by atoms with Crippen LogP contribution in [0.4, 0.5) is 0 Å². The van der Waals surface area contributed by atoms with Gasteiger partial charge >= 0.3 is 0 Å². The Hall–Kier alpha value is 0.170. The largest absolute Gasteiger partial charge is 0.353 e. The summed E-state index contributed by atoms with van der Waals surface area (Å²) in [6.45, 7) is 2.10. The van der Waals surface area contributed by atoms with Gasteiger partial charge in [-0.15, -0.1) is 0 Å². The number of hydrogen-bond acceptors (Lipinski definition) is 3. The third-order valence-corrected chi connectivity index (χ3v) is 6.58. The van der Waals surface area contributed by atoms with Crippen LogP contribution in [-0.2, 0) is 4.79 Å². The van der Waals surface area contributed by atoms with Crippen LogP contribution in [-0.4, -0.2) is 35.0 Å². The van der Waals surface area contributed by atoms with Crippen LogP contribution in [0.1, 0.15) is 51.9 Å². The van der Waals surface area contributed by atoms with E-state index >= 15 is 0 Å². The average molecular weight is 316 g/mol. The van der Waals surface area contributed by atoms with Crippen molar-refractivity contribution in [1.29, 1.82) is 0 Å². The van der Waals surface area contributed by atoms with Crippen LogP contribution in [0.2, 0.25) is 0 Å². The van der Waals surface area contributed by atoms with E-state index in [1.165, 1.54) is 56.5 Å². The van der Waals surface area contributed by atoms with Gasteiger partial charge in [-0.05, 0) is 74.0 Å². The van der Waals surface area contributed by atoms with Gasteiger partial charge in [0.25, 0.3) is 0 Å². The number of carbonyl (C=O) groups excluding carboxylic acids is 1. The molecule has 0 spiro atoms. The summed E-state index contributed by atoms with van der Waals surface area (Å²) in [5.41, 5.74) is 0. The van der Waals surface area contributed by atoms with Crippen LogP contribution in [0, 0.1) is 11.8 Å². The fourth-order valence-electron chi connectivity index (χ4n) is 3.46. The van der Waals surface area contributed by atoms with Crippen LogP contribution < -0.4 is 5.32 Å². The number of rotatable bonds is 6. The average Bonchev–Trinajstić information content (AvgIpc) is 2.48. The molecule has 0 atom stereocenters. The molecular formula is C16H29NOS2. The number of thioether (sulfide) groups is 2. The molecule has 1 amide bonds. The van der Waals surface area contributed by atoms with E-state index in [0.717, 1.165) is 17.6 Å². The Bertz CT molecular complexity index is 284. The first kappa shape index (κ1) is 16.5. The van der Waals surface area contributed by atoms with Gasteiger partial charge in [0, 0.05) is 6.04 Å². The van der Waals surface area contributed by atoms with E-state index in [-0.39, 0.29) is 5.91 Å². The van der Waals surface area contributed by atoms with Crippen molar-refractivity contribution < 1.29 is 4.79 Å². The molecule has 1 saturated carbocycles. The first-order valence-electron chi connectivity index (χ1n) is 8.22. The zero-order chi connectivity index (χ0) is 14.2. The highest BCUT2D eigenvalue weighted by Crippen LogP contribution is 2.34. The maximum Gasteiger partial charge on any atom is 0.230 e. The third kappa shape index (κ3) is 5.88. The van der Waals surface area contributed by atoms with E-state index in [9.17, 15) is 4.79 Å². The van der Waals surface area contributed by atoms with Gasteiger partial charge in [-0.1, -0.05) is 6.92 Å². The van der Waals surface area contributed by atoms with Gasteiger partial charge in [0.05, 0.1) is 5.75 Å². The van der Waals surface area contributed by atoms with Crippen molar-refractivity contribution in [1.82, 2.24) is 5.32 Å². The zero-order valence-electron chi connectivity index (χ0n) is 12.7. The van der Waals surface area contributed by atoms with Gasteiger partial charge in [-0.3, -0.25) is 4.79 Å². The van der Waals surface area contributed by atoms with Gasteiger partial charge in [-0.25, -0.2) is 0 Å². The van der Waals surface area contributed by atoms with Crippen LogP contribution >= 0.6 is 23.5 Å². The van der Waals surface area contributed by atoms with Crippen LogP contribution in [0.15, 0.2) is 0 Å². The molecule has 0 unspecified atom stereocenters. The number of nitrogens with one attached hydrogen (secondary N) is 1. The number of carbonyl (C=O) groups is 1. The molecule has 2 nitrogen and oxygen atoms in total. The van der Waals surface area contributed by atoms with Gasteiger partial charge in [-0.2, -0.15) is 23.5 Å². The fraction of sp³-hybridized carbons (Fsp3) is 0.938. The predicted octanol–water partition coefficient (Wildman–Crippen LogP) is 3.95.